The van der Waals surface area contributed by atoms with Crippen molar-refractivity contribution in [1.29, 1.82) is 5.26 Å². The van der Waals surface area contributed by atoms with Crippen LogP contribution in [-0.2, 0) is 9.53 Å². The van der Waals surface area contributed by atoms with Gasteiger partial charge in [-0.25, -0.2) is 0 Å². The van der Waals surface area contributed by atoms with Crippen LogP contribution in [0.3, 0.4) is 0 Å². The summed E-state index contributed by atoms with van der Waals surface area (Å²) in [6, 6.07) is 2.42. The van der Waals surface area contributed by atoms with Crippen molar-refractivity contribution in [1.82, 2.24) is 4.90 Å². The molecule has 2 rings (SSSR count). The number of carbonyl (C=O) groups excluding carboxylic acids is 1. The van der Waals surface area contributed by atoms with Crippen molar-refractivity contribution >= 4 is 17.7 Å². The van der Waals surface area contributed by atoms with Crippen molar-refractivity contribution in [2.45, 2.75) is 50.6 Å². The molecule has 2 saturated heterocycles. The summed E-state index contributed by atoms with van der Waals surface area (Å²) in [6.45, 7) is 7.52. The summed E-state index contributed by atoms with van der Waals surface area (Å²) in [7, 11) is 0. The molecule has 112 valence electrons. The van der Waals surface area contributed by atoms with E-state index >= 15 is 0 Å². The fourth-order valence-corrected chi connectivity index (χ4v) is 4.04. The van der Waals surface area contributed by atoms with E-state index in [1.54, 1.807) is 11.8 Å². The fraction of sp³-hybridized carbons (Fsp3) is 0.867. The lowest BCUT2D eigenvalue weighted by atomic mass is 9.87. The minimum absolute atomic E-state index is 0.00398. The molecule has 4 nitrogen and oxygen atoms in total. The monoisotopic (exact) mass is 296 g/mol. The Kier molecular flexibility index (Phi) is 4.66. The molecular weight excluding hydrogens is 272 g/mol. The van der Waals surface area contributed by atoms with Crippen LogP contribution < -0.4 is 0 Å². The molecule has 0 aliphatic carbocycles. The van der Waals surface area contributed by atoms with Crippen LogP contribution in [0, 0.1) is 23.2 Å². The van der Waals surface area contributed by atoms with E-state index in [9.17, 15) is 10.1 Å². The SMILES string of the molecule is CSC1(C#N)CCN(C(=O)C2C(C)OC(C)C2C)CC1. The second-order valence-corrected chi connectivity index (χ2v) is 7.26. The first kappa shape index (κ1) is 15.7. The molecule has 2 aliphatic heterocycles. The first-order valence-electron chi connectivity index (χ1n) is 7.35. The molecular formula is C15H24N2O2S. The molecule has 0 radical (unpaired) electrons. The maximum atomic E-state index is 12.7. The lowest BCUT2D eigenvalue weighted by Crippen LogP contribution is -2.48. The molecule has 0 spiro atoms. The zero-order valence-electron chi connectivity index (χ0n) is 12.8. The van der Waals surface area contributed by atoms with Gasteiger partial charge in [0.15, 0.2) is 0 Å². The minimum Gasteiger partial charge on any atom is -0.374 e. The Morgan fingerprint density at radius 1 is 1.30 bits per heavy atom. The van der Waals surface area contributed by atoms with Gasteiger partial charge < -0.3 is 9.64 Å². The predicted molar refractivity (Wildman–Crippen MR) is 80.3 cm³/mol. The van der Waals surface area contributed by atoms with Gasteiger partial charge in [0.25, 0.3) is 0 Å². The average Bonchev–Trinajstić information content (AvgIpc) is 2.71. The summed E-state index contributed by atoms with van der Waals surface area (Å²) in [5.41, 5.74) is 0. The number of thioether (sulfide) groups is 1. The third-order valence-corrected chi connectivity index (χ3v) is 6.29. The average molecular weight is 296 g/mol. The highest BCUT2D eigenvalue weighted by Crippen LogP contribution is 2.37. The Labute approximate surface area is 125 Å². The van der Waals surface area contributed by atoms with Crippen LogP contribution in [0.25, 0.3) is 0 Å². The number of piperidine rings is 1. The highest BCUT2D eigenvalue weighted by Gasteiger charge is 2.45. The van der Waals surface area contributed by atoms with E-state index in [1.165, 1.54) is 0 Å². The normalized spacial score (nSPS) is 36.6. The molecule has 4 unspecified atom stereocenters. The summed E-state index contributed by atoms with van der Waals surface area (Å²) in [5.74, 6) is 0.441. The number of hydrogen-bond acceptors (Lipinski definition) is 4. The maximum absolute atomic E-state index is 12.7. The second kappa shape index (κ2) is 5.95. The van der Waals surface area contributed by atoms with Crippen LogP contribution in [-0.4, -0.2) is 47.1 Å². The molecule has 2 fully saturated rings. The van der Waals surface area contributed by atoms with Gasteiger partial charge in [-0.05, 0) is 38.9 Å². The lowest BCUT2D eigenvalue weighted by molar-refractivity contribution is -0.138. The highest BCUT2D eigenvalue weighted by atomic mass is 32.2. The van der Waals surface area contributed by atoms with Gasteiger partial charge in [0, 0.05) is 13.1 Å². The lowest BCUT2D eigenvalue weighted by Gasteiger charge is -2.38. The summed E-state index contributed by atoms with van der Waals surface area (Å²) < 4.78 is 5.48. The molecule has 0 aromatic heterocycles. The van der Waals surface area contributed by atoms with Crippen LogP contribution in [0.1, 0.15) is 33.6 Å². The van der Waals surface area contributed by atoms with Crippen molar-refractivity contribution in [3.8, 4) is 6.07 Å². The smallest absolute Gasteiger partial charge is 0.228 e. The molecule has 0 saturated carbocycles. The Bertz CT molecular complexity index is 413. The molecule has 0 N–H and O–H groups in total. The van der Waals surface area contributed by atoms with Crippen molar-refractivity contribution in [2.75, 3.05) is 19.3 Å². The third-order valence-electron chi connectivity index (χ3n) is 5.00. The van der Waals surface area contributed by atoms with Crippen molar-refractivity contribution in [3.63, 3.8) is 0 Å². The van der Waals surface area contributed by atoms with Gasteiger partial charge in [0.05, 0.1) is 24.2 Å². The quantitative estimate of drug-likeness (QED) is 0.784. The molecule has 4 atom stereocenters. The van der Waals surface area contributed by atoms with Gasteiger partial charge >= 0.3 is 0 Å². The van der Waals surface area contributed by atoms with Crippen molar-refractivity contribution < 1.29 is 9.53 Å². The summed E-state index contributed by atoms with van der Waals surface area (Å²) in [6.07, 6.45) is 3.66. The molecule has 0 aromatic rings. The van der Waals surface area contributed by atoms with Crippen LogP contribution in [0.15, 0.2) is 0 Å². The van der Waals surface area contributed by atoms with E-state index in [0.717, 1.165) is 12.8 Å². The van der Waals surface area contributed by atoms with Gasteiger partial charge in [-0.2, -0.15) is 5.26 Å². The molecule has 0 bridgehead atoms. The largest absolute Gasteiger partial charge is 0.374 e. The number of likely N-dealkylation sites (tertiary alicyclic amines) is 1. The Balaban J connectivity index is 2.01. The molecule has 5 heteroatoms. The summed E-state index contributed by atoms with van der Waals surface area (Å²) >= 11 is 1.62. The number of amides is 1. The van der Waals surface area contributed by atoms with E-state index in [0.29, 0.717) is 13.1 Å². The van der Waals surface area contributed by atoms with Gasteiger partial charge in [0.1, 0.15) is 4.75 Å². The molecule has 20 heavy (non-hydrogen) atoms. The van der Waals surface area contributed by atoms with Crippen LogP contribution in [0.4, 0.5) is 0 Å². The van der Waals surface area contributed by atoms with Crippen molar-refractivity contribution in [2.24, 2.45) is 11.8 Å². The zero-order chi connectivity index (χ0) is 14.9. The van der Waals surface area contributed by atoms with Gasteiger partial charge in [-0.1, -0.05) is 6.92 Å². The van der Waals surface area contributed by atoms with E-state index < -0.39 is 0 Å². The third kappa shape index (κ3) is 2.68. The fourth-order valence-electron chi connectivity index (χ4n) is 3.35. The van der Waals surface area contributed by atoms with Gasteiger partial charge in [-0.3, -0.25) is 4.79 Å². The standard InChI is InChI=1S/C15H24N2O2S/c1-10-11(2)19-12(3)13(10)14(18)17-7-5-15(9-16,20-4)6-8-17/h10-13H,5-8H2,1-4H3. The van der Waals surface area contributed by atoms with E-state index in [2.05, 4.69) is 13.0 Å². The molecule has 0 aromatic carbocycles. The minimum atomic E-state index is -0.298. The summed E-state index contributed by atoms with van der Waals surface area (Å²) in [4.78, 5) is 14.6. The van der Waals surface area contributed by atoms with Gasteiger partial charge in [-0.15, -0.1) is 11.8 Å². The van der Waals surface area contributed by atoms with E-state index in [-0.39, 0.29) is 34.7 Å². The number of nitrogens with zero attached hydrogens (tertiary/aromatic N) is 2. The second-order valence-electron chi connectivity index (χ2n) is 6.07. The molecule has 1 amide bonds. The van der Waals surface area contributed by atoms with E-state index in [4.69, 9.17) is 4.74 Å². The highest BCUT2D eigenvalue weighted by molar-refractivity contribution is 8.00. The number of ether oxygens (including phenoxy) is 1. The Morgan fingerprint density at radius 2 is 1.90 bits per heavy atom. The Hall–Kier alpha value is -0.730. The number of carbonyl (C=O) groups is 1. The first-order valence-corrected chi connectivity index (χ1v) is 8.57. The van der Waals surface area contributed by atoms with E-state index in [1.807, 2.05) is 25.0 Å². The predicted octanol–water partition coefficient (Wildman–Crippen LogP) is 2.29. The Morgan fingerprint density at radius 3 is 2.30 bits per heavy atom. The number of hydrogen-bond donors (Lipinski definition) is 0. The molecule has 2 aliphatic rings. The molecule has 2 heterocycles. The summed E-state index contributed by atoms with van der Waals surface area (Å²) in [5, 5.41) is 9.30. The number of nitriles is 1. The van der Waals surface area contributed by atoms with Gasteiger partial charge in [0.2, 0.25) is 5.91 Å². The first-order chi connectivity index (χ1) is 9.44. The number of rotatable bonds is 2. The van der Waals surface area contributed by atoms with Crippen molar-refractivity contribution in [3.05, 3.63) is 0 Å². The topological polar surface area (TPSA) is 53.3 Å². The zero-order valence-corrected chi connectivity index (χ0v) is 13.6. The van der Waals surface area contributed by atoms with Crippen LogP contribution >= 0.6 is 11.8 Å². The van der Waals surface area contributed by atoms with Crippen LogP contribution in [0.5, 0.6) is 0 Å². The maximum Gasteiger partial charge on any atom is 0.228 e. The van der Waals surface area contributed by atoms with Crippen LogP contribution in [0.2, 0.25) is 0 Å².